The van der Waals surface area contributed by atoms with E-state index in [9.17, 15) is 9.59 Å². The largest absolute Gasteiger partial charge is 0.351 e. The molecule has 2 amide bonds. The molecule has 3 aromatic rings. The summed E-state index contributed by atoms with van der Waals surface area (Å²) in [5, 5.41) is 11.7. The van der Waals surface area contributed by atoms with Gasteiger partial charge in [-0.15, -0.1) is 5.10 Å². The van der Waals surface area contributed by atoms with Crippen molar-refractivity contribution in [1.82, 2.24) is 29.8 Å². The Labute approximate surface area is 151 Å². The normalized spacial score (nSPS) is 10.8. The fourth-order valence-corrected chi connectivity index (χ4v) is 2.64. The van der Waals surface area contributed by atoms with E-state index in [1.54, 1.807) is 14.1 Å². The Morgan fingerprint density at radius 3 is 2.81 bits per heavy atom. The van der Waals surface area contributed by atoms with Crippen LogP contribution in [0.2, 0.25) is 0 Å². The number of aryl methyl sites for hydroxylation is 1. The quantitative estimate of drug-likeness (QED) is 0.645. The SMILES string of the molecule is CN(C)C(=O)Cn1cc(C(=O)NCCCn2ccc3ccccc32)nn1. The molecule has 2 heterocycles. The highest BCUT2D eigenvalue weighted by Crippen LogP contribution is 2.15. The van der Waals surface area contributed by atoms with Gasteiger partial charge < -0.3 is 14.8 Å². The van der Waals surface area contributed by atoms with Gasteiger partial charge in [-0.2, -0.15) is 0 Å². The van der Waals surface area contributed by atoms with Crippen molar-refractivity contribution in [3.8, 4) is 0 Å². The number of carbonyl (C=O) groups excluding carboxylic acids is 2. The van der Waals surface area contributed by atoms with Gasteiger partial charge in [0.25, 0.3) is 5.91 Å². The van der Waals surface area contributed by atoms with E-state index in [0.29, 0.717) is 6.54 Å². The minimum absolute atomic E-state index is 0.0635. The highest BCUT2D eigenvalue weighted by atomic mass is 16.2. The monoisotopic (exact) mass is 354 g/mol. The first-order chi connectivity index (χ1) is 12.5. The molecule has 0 unspecified atom stereocenters. The summed E-state index contributed by atoms with van der Waals surface area (Å²) in [6.45, 7) is 1.42. The van der Waals surface area contributed by atoms with Crippen LogP contribution in [0.15, 0.2) is 42.7 Å². The number of fused-ring (bicyclic) bond motifs is 1. The molecule has 2 aromatic heterocycles. The standard InChI is InChI=1S/C18H22N6O2/c1-22(2)17(25)13-24-12-15(20-21-24)18(26)19-9-5-10-23-11-8-14-6-3-4-7-16(14)23/h3-4,6-8,11-12H,5,9-10,13H2,1-2H3,(H,19,26). The molecule has 136 valence electrons. The first-order valence-electron chi connectivity index (χ1n) is 8.47. The summed E-state index contributed by atoms with van der Waals surface area (Å²) < 4.78 is 3.54. The molecule has 0 aliphatic heterocycles. The predicted octanol–water partition coefficient (Wildman–Crippen LogP) is 1.14. The molecule has 0 atom stereocenters. The first kappa shape index (κ1) is 17.7. The zero-order valence-corrected chi connectivity index (χ0v) is 14.9. The number of rotatable bonds is 7. The van der Waals surface area contributed by atoms with Crippen molar-refractivity contribution in [3.63, 3.8) is 0 Å². The Morgan fingerprint density at radius 1 is 1.19 bits per heavy atom. The minimum Gasteiger partial charge on any atom is -0.351 e. The lowest BCUT2D eigenvalue weighted by Gasteiger charge is -2.08. The van der Waals surface area contributed by atoms with Crippen LogP contribution in [0, 0.1) is 0 Å². The van der Waals surface area contributed by atoms with Gasteiger partial charge in [0, 0.05) is 38.9 Å². The summed E-state index contributed by atoms with van der Waals surface area (Å²) in [7, 11) is 3.33. The molecule has 0 bridgehead atoms. The second-order valence-corrected chi connectivity index (χ2v) is 6.27. The van der Waals surface area contributed by atoms with E-state index in [2.05, 4.69) is 44.6 Å². The maximum Gasteiger partial charge on any atom is 0.273 e. The lowest BCUT2D eigenvalue weighted by molar-refractivity contribution is -0.129. The van der Waals surface area contributed by atoms with Crippen molar-refractivity contribution in [2.75, 3.05) is 20.6 Å². The molecule has 8 nitrogen and oxygen atoms in total. The lowest BCUT2D eigenvalue weighted by atomic mass is 10.2. The fraction of sp³-hybridized carbons (Fsp3) is 0.333. The van der Waals surface area contributed by atoms with Crippen LogP contribution in [0.5, 0.6) is 0 Å². The lowest BCUT2D eigenvalue weighted by Crippen LogP contribution is -2.27. The third-order valence-corrected chi connectivity index (χ3v) is 4.11. The van der Waals surface area contributed by atoms with Gasteiger partial charge in [0.2, 0.25) is 5.91 Å². The Kier molecular flexibility index (Phi) is 5.31. The maximum absolute atomic E-state index is 12.1. The highest BCUT2D eigenvalue weighted by molar-refractivity contribution is 5.91. The molecule has 0 saturated heterocycles. The molecule has 8 heteroatoms. The van der Waals surface area contributed by atoms with Crippen molar-refractivity contribution >= 4 is 22.7 Å². The molecule has 3 rings (SSSR count). The number of amides is 2. The van der Waals surface area contributed by atoms with Gasteiger partial charge in [-0.25, -0.2) is 4.68 Å². The molecule has 0 fully saturated rings. The van der Waals surface area contributed by atoms with Gasteiger partial charge in [0.15, 0.2) is 5.69 Å². The number of aromatic nitrogens is 4. The Bertz CT molecular complexity index is 911. The van der Waals surface area contributed by atoms with Crippen LogP contribution in [-0.4, -0.2) is 56.9 Å². The summed E-state index contributed by atoms with van der Waals surface area (Å²) in [6.07, 6.45) is 4.34. The second-order valence-electron chi connectivity index (χ2n) is 6.27. The molecule has 0 saturated carbocycles. The topological polar surface area (TPSA) is 85.0 Å². The van der Waals surface area contributed by atoms with E-state index >= 15 is 0 Å². The van der Waals surface area contributed by atoms with Crippen LogP contribution in [0.4, 0.5) is 0 Å². The minimum atomic E-state index is -0.286. The Balaban J connectivity index is 1.47. The van der Waals surface area contributed by atoms with Crippen molar-refractivity contribution in [2.24, 2.45) is 0 Å². The average molecular weight is 354 g/mol. The summed E-state index contributed by atoms with van der Waals surface area (Å²) in [5.74, 6) is -0.397. The summed E-state index contributed by atoms with van der Waals surface area (Å²) in [4.78, 5) is 25.2. The molecular formula is C18H22N6O2. The van der Waals surface area contributed by atoms with Gasteiger partial charge >= 0.3 is 0 Å². The third-order valence-electron chi connectivity index (χ3n) is 4.11. The molecule has 1 N–H and O–H groups in total. The van der Waals surface area contributed by atoms with Crippen molar-refractivity contribution < 1.29 is 9.59 Å². The highest BCUT2D eigenvalue weighted by Gasteiger charge is 2.12. The predicted molar refractivity (Wildman–Crippen MR) is 97.6 cm³/mol. The van der Waals surface area contributed by atoms with Crippen LogP contribution < -0.4 is 5.32 Å². The van der Waals surface area contributed by atoms with E-state index in [1.807, 2.05) is 12.1 Å². The number of nitrogens with zero attached hydrogens (tertiary/aromatic N) is 5. The zero-order chi connectivity index (χ0) is 18.5. The van der Waals surface area contributed by atoms with Crippen LogP contribution in [0.3, 0.4) is 0 Å². The van der Waals surface area contributed by atoms with Crippen LogP contribution in [0.25, 0.3) is 10.9 Å². The molecule has 26 heavy (non-hydrogen) atoms. The van der Waals surface area contributed by atoms with Gasteiger partial charge in [-0.05, 0) is 23.9 Å². The van der Waals surface area contributed by atoms with E-state index in [-0.39, 0.29) is 24.1 Å². The average Bonchev–Trinajstić information content (AvgIpc) is 3.25. The van der Waals surface area contributed by atoms with E-state index < -0.39 is 0 Å². The van der Waals surface area contributed by atoms with E-state index in [0.717, 1.165) is 13.0 Å². The maximum atomic E-state index is 12.1. The van der Waals surface area contributed by atoms with Gasteiger partial charge in [-0.3, -0.25) is 9.59 Å². The van der Waals surface area contributed by atoms with Crippen LogP contribution in [-0.2, 0) is 17.9 Å². The number of benzene rings is 1. The summed E-state index contributed by atoms with van der Waals surface area (Å²) >= 11 is 0. The number of para-hydroxylation sites is 1. The molecule has 0 spiro atoms. The second kappa shape index (κ2) is 7.81. The first-order valence-corrected chi connectivity index (χ1v) is 8.47. The molecule has 0 radical (unpaired) electrons. The van der Waals surface area contributed by atoms with Crippen molar-refractivity contribution in [1.29, 1.82) is 0 Å². The van der Waals surface area contributed by atoms with E-state index in [4.69, 9.17) is 0 Å². The van der Waals surface area contributed by atoms with Gasteiger partial charge in [0.05, 0.1) is 6.20 Å². The van der Waals surface area contributed by atoms with Gasteiger partial charge in [0.1, 0.15) is 6.54 Å². The van der Waals surface area contributed by atoms with Crippen LogP contribution >= 0.6 is 0 Å². The number of nitrogens with one attached hydrogen (secondary N) is 1. The fourth-order valence-electron chi connectivity index (χ4n) is 2.64. The van der Waals surface area contributed by atoms with Crippen LogP contribution in [0.1, 0.15) is 16.9 Å². The van der Waals surface area contributed by atoms with Crippen molar-refractivity contribution in [3.05, 3.63) is 48.4 Å². The number of hydrogen-bond acceptors (Lipinski definition) is 4. The number of likely N-dealkylation sites (N-methyl/N-ethyl adjacent to an activating group) is 1. The molecular weight excluding hydrogens is 332 g/mol. The number of carbonyl (C=O) groups is 2. The summed E-state index contributed by atoms with van der Waals surface area (Å²) in [6, 6.07) is 10.3. The number of hydrogen-bond donors (Lipinski definition) is 1. The van der Waals surface area contributed by atoms with Crippen molar-refractivity contribution in [2.45, 2.75) is 19.5 Å². The molecule has 1 aromatic carbocycles. The van der Waals surface area contributed by atoms with E-state index in [1.165, 1.54) is 26.7 Å². The molecule has 0 aliphatic carbocycles. The Hall–Kier alpha value is -3.16. The Morgan fingerprint density at radius 2 is 2.00 bits per heavy atom. The van der Waals surface area contributed by atoms with Gasteiger partial charge in [-0.1, -0.05) is 23.4 Å². The smallest absolute Gasteiger partial charge is 0.273 e. The summed E-state index contributed by atoms with van der Waals surface area (Å²) in [5.41, 5.74) is 1.40. The zero-order valence-electron chi connectivity index (χ0n) is 14.9. The molecule has 0 aliphatic rings. The third kappa shape index (κ3) is 4.08.